The van der Waals surface area contributed by atoms with E-state index in [1.54, 1.807) is 0 Å². The van der Waals surface area contributed by atoms with Gasteiger partial charge >= 0.3 is 5.97 Å². The number of rotatable bonds is 4. The Hall–Kier alpha value is -1.32. The summed E-state index contributed by atoms with van der Waals surface area (Å²) in [5.74, 6) is 0.0286. The van der Waals surface area contributed by atoms with Gasteiger partial charge in [0.25, 0.3) is 0 Å². The second kappa shape index (κ2) is 4.68. The summed E-state index contributed by atoms with van der Waals surface area (Å²) in [6, 6.07) is 0. The Morgan fingerprint density at radius 3 is 2.12 bits per heavy atom. The van der Waals surface area contributed by atoms with E-state index in [1.165, 1.54) is 0 Å². The molecule has 0 aliphatic rings. The first-order chi connectivity index (χ1) is 7.34. The van der Waals surface area contributed by atoms with Crippen LogP contribution in [0.15, 0.2) is 4.42 Å². The monoisotopic (exact) mass is 225 g/mol. The summed E-state index contributed by atoms with van der Waals surface area (Å²) in [6.45, 7) is 9.93. The van der Waals surface area contributed by atoms with Gasteiger partial charge in [-0.2, -0.15) is 0 Å². The highest BCUT2D eigenvalue weighted by molar-refractivity contribution is 5.85. The zero-order valence-electron chi connectivity index (χ0n) is 10.4. The predicted molar refractivity (Wildman–Crippen MR) is 60.8 cm³/mol. The smallest absolute Gasteiger partial charge is 0.373 e. The zero-order chi connectivity index (χ0) is 12.5. The fraction of sp³-hybridized carbons (Fsp3) is 0.667. The second-order valence-electron chi connectivity index (χ2n) is 4.76. The normalized spacial score (nSPS) is 13.4. The Morgan fingerprint density at radius 2 is 1.81 bits per heavy atom. The summed E-state index contributed by atoms with van der Waals surface area (Å²) in [6.07, 6.45) is 0. The third-order valence-electron chi connectivity index (χ3n) is 2.80. The molecule has 1 atom stereocenters. The molecule has 0 aliphatic carbocycles. The van der Waals surface area contributed by atoms with E-state index in [0.717, 1.165) is 0 Å². The number of oxazole rings is 1. The SMILES string of the molecule is CC(C)c1nc(C(C)C(C)C)oc1C(=O)O. The maximum atomic E-state index is 11.0. The third-order valence-corrected chi connectivity index (χ3v) is 2.80. The quantitative estimate of drug-likeness (QED) is 0.854. The van der Waals surface area contributed by atoms with Crippen molar-refractivity contribution in [3.63, 3.8) is 0 Å². The summed E-state index contributed by atoms with van der Waals surface area (Å²) in [4.78, 5) is 15.3. The molecule has 0 aliphatic heterocycles. The molecule has 1 rings (SSSR count). The average molecular weight is 225 g/mol. The lowest BCUT2D eigenvalue weighted by atomic mass is 9.98. The number of nitrogens with zero attached hydrogens (tertiary/aromatic N) is 1. The van der Waals surface area contributed by atoms with Crippen LogP contribution in [0.4, 0.5) is 0 Å². The molecule has 90 valence electrons. The molecule has 0 saturated carbocycles. The predicted octanol–water partition coefficient (Wildman–Crippen LogP) is 3.26. The molecule has 0 spiro atoms. The molecular weight excluding hydrogens is 206 g/mol. The highest BCUT2D eigenvalue weighted by Crippen LogP contribution is 2.28. The second-order valence-corrected chi connectivity index (χ2v) is 4.76. The van der Waals surface area contributed by atoms with E-state index in [4.69, 9.17) is 9.52 Å². The fourth-order valence-electron chi connectivity index (χ4n) is 1.37. The highest BCUT2D eigenvalue weighted by atomic mass is 16.4. The summed E-state index contributed by atoms with van der Waals surface area (Å²) >= 11 is 0. The maximum absolute atomic E-state index is 11.0. The molecule has 16 heavy (non-hydrogen) atoms. The topological polar surface area (TPSA) is 63.3 Å². The molecule has 0 bridgehead atoms. The van der Waals surface area contributed by atoms with E-state index < -0.39 is 5.97 Å². The van der Waals surface area contributed by atoms with E-state index in [9.17, 15) is 4.79 Å². The van der Waals surface area contributed by atoms with Crippen LogP contribution in [0.25, 0.3) is 0 Å². The van der Waals surface area contributed by atoms with Crippen molar-refractivity contribution in [2.24, 2.45) is 5.92 Å². The van der Waals surface area contributed by atoms with Crippen LogP contribution in [0, 0.1) is 5.92 Å². The van der Waals surface area contributed by atoms with Crippen molar-refractivity contribution >= 4 is 5.97 Å². The van der Waals surface area contributed by atoms with Crippen LogP contribution in [0.1, 0.15) is 68.6 Å². The van der Waals surface area contributed by atoms with Crippen molar-refractivity contribution in [2.45, 2.75) is 46.5 Å². The largest absolute Gasteiger partial charge is 0.475 e. The van der Waals surface area contributed by atoms with Gasteiger partial charge in [0, 0.05) is 5.92 Å². The Bertz CT molecular complexity index is 380. The Morgan fingerprint density at radius 1 is 1.25 bits per heavy atom. The van der Waals surface area contributed by atoms with Crippen molar-refractivity contribution in [3.8, 4) is 0 Å². The van der Waals surface area contributed by atoms with Crippen LogP contribution in [-0.2, 0) is 0 Å². The Kier molecular flexibility index (Phi) is 3.73. The van der Waals surface area contributed by atoms with E-state index in [1.807, 2.05) is 20.8 Å². The average Bonchev–Trinajstić information content (AvgIpc) is 2.60. The number of carbonyl (C=O) groups is 1. The van der Waals surface area contributed by atoms with Crippen LogP contribution >= 0.6 is 0 Å². The molecule has 1 aromatic rings. The molecule has 0 saturated heterocycles. The number of aromatic nitrogens is 1. The van der Waals surface area contributed by atoms with Gasteiger partial charge in [-0.25, -0.2) is 9.78 Å². The third kappa shape index (κ3) is 2.43. The summed E-state index contributed by atoms with van der Waals surface area (Å²) in [5.41, 5.74) is 0.537. The molecule has 4 heteroatoms. The van der Waals surface area contributed by atoms with Crippen molar-refractivity contribution in [3.05, 3.63) is 17.3 Å². The fourth-order valence-corrected chi connectivity index (χ4v) is 1.37. The van der Waals surface area contributed by atoms with Crippen LogP contribution in [0.5, 0.6) is 0 Å². The van der Waals surface area contributed by atoms with Crippen molar-refractivity contribution in [2.75, 3.05) is 0 Å². The van der Waals surface area contributed by atoms with Crippen LogP contribution in [0.2, 0.25) is 0 Å². The Labute approximate surface area is 95.7 Å². The number of carboxylic acid groups (broad SMARTS) is 1. The standard InChI is InChI=1S/C12H19NO3/c1-6(2)8(5)11-13-9(7(3)4)10(16-11)12(14)15/h6-8H,1-5H3,(H,14,15). The first kappa shape index (κ1) is 12.7. The molecule has 1 N–H and O–H groups in total. The Balaban J connectivity index is 3.16. The molecule has 1 unspecified atom stereocenters. The summed E-state index contributed by atoms with van der Waals surface area (Å²) < 4.78 is 5.35. The van der Waals surface area contributed by atoms with E-state index in [2.05, 4.69) is 18.8 Å². The van der Waals surface area contributed by atoms with Gasteiger partial charge in [-0.1, -0.05) is 34.6 Å². The highest BCUT2D eigenvalue weighted by Gasteiger charge is 2.25. The summed E-state index contributed by atoms with van der Waals surface area (Å²) in [5, 5.41) is 9.01. The summed E-state index contributed by atoms with van der Waals surface area (Å²) in [7, 11) is 0. The van der Waals surface area contributed by atoms with E-state index in [0.29, 0.717) is 17.5 Å². The lowest BCUT2D eigenvalue weighted by Crippen LogP contribution is -2.02. The lowest BCUT2D eigenvalue weighted by Gasteiger charge is -2.10. The minimum Gasteiger partial charge on any atom is -0.475 e. The maximum Gasteiger partial charge on any atom is 0.373 e. The van der Waals surface area contributed by atoms with Gasteiger partial charge in [-0.15, -0.1) is 0 Å². The van der Waals surface area contributed by atoms with Gasteiger partial charge in [0.1, 0.15) is 0 Å². The van der Waals surface area contributed by atoms with Crippen LogP contribution in [-0.4, -0.2) is 16.1 Å². The molecule has 0 radical (unpaired) electrons. The van der Waals surface area contributed by atoms with Gasteiger partial charge in [-0.05, 0) is 11.8 Å². The van der Waals surface area contributed by atoms with Crippen LogP contribution < -0.4 is 0 Å². The van der Waals surface area contributed by atoms with E-state index >= 15 is 0 Å². The van der Waals surface area contributed by atoms with Gasteiger partial charge in [-0.3, -0.25) is 0 Å². The number of carboxylic acids is 1. The number of hydrogen-bond acceptors (Lipinski definition) is 3. The van der Waals surface area contributed by atoms with Crippen LogP contribution in [0.3, 0.4) is 0 Å². The minimum atomic E-state index is -1.04. The molecular formula is C12H19NO3. The van der Waals surface area contributed by atoms with Gasteiger partial charge in [0.15, 0.2) is 5.89 Å². The molecule has 0 fully saturated rings. The molecule has 0 aromatic carbocycles. The number of aromatic carboxylic acids is 1. The molecule has 1 aromatic heterocycles. The van der Waals surface area contributed by atoms with Crippen molar-refractivity contribution < 1.29 is 14.3 Å². The van der Waals surface area contributed by atoms with Crippen molar-refractivity contribution in [1.29, 1.82) is 0 Å². The zero-order valence-corrected chi connectivity index (χ0v) is 10.4. The minimum absolute atomic E-state index is 0.0162. The van der Waals surface area contributed by atoms with Gasteiger partial charge in [0.2, 0.25) is 5.76 Å². The molecule has 1 heterocycles. The first-order valence-corrected chi connectivity index (χ1v) is 5.58. The van der Waals surface area contributed by atoms with Crippen molar-refractivity contribution in [1.82, 2.24) is 4.98 Å². The number of hydrogen-bond donors (Lipinski definition) is 1. The van der Waals surface area contributed by atoms with Gasteiger partial charge in [0.05, 0.1) is 5.69 Å². The van der Waals surface area contributed by atoms with E-state index in [-0.39, 0.29) is 17.6 Å². The van der Waals surface area contributed by atoms with Gasteiger partial charge < -0.3 is 9.52 Å². The molecule has 0 amide bonds. The molecule has 4 nitrogen and oxygen atoms in total. The first-order valence-electron chi connectivity index (χ1n) is 5.58. The lowest BCUT2D eigenvalue weighted by molar-refractivity contribution is 0.0657.